The molecule has 0 saturated carbocycles. The molecule has 0 radical (unpaired) electrons. The normalized spacial score (nSPS) is 11.8. The highest BCUT2D eigenvalue weighted by molar-refractivity contribution is 6.10. The van der Waals surface area contributed by atoms with Crippen LogP contribution in [-0.4, -0.2) is 4.57 Å². The summed E-state index contributed by atoms with van der Waals surface area (Å²) in [6.07, 6.45) is 0. The summed E-state index contributed by atoms with van der Waals surface area (Å²) in [5.41, 5.74) is 12.4. The number of rotatable bonds is 5. The Hall–Kier alpha value is -7.04. The van der Waals surface area contributed by atoms with Gasteiger partial charge in [-0.15, -0.1) is 0 Å². The average Bonchev–Trinajstić information content (AvgIpc) is 3.87. The SMILES string of the molecule is c1cc(-c2ccc(N(c3ccc4c(c3)oc3ccccc34)c3ccc4c(c3)oc3ccccc34)cc2)cc(-n2c3ccccc3c3ccccc32)c1. The number of aromatic nitrogens is 1. The van der Waals surface area contributed by atoms with Crippen molar-refractivity contribution in [1.82, 2.24) is 4.57 Å². The molecular formula is C48H30N2O2. The molecule has 0 spiro atoms. The zero-order chi connectivity index (χ0) is 34.2. The van der Waals surface area contributed by atoms with Crippen LogP contribution in [0.5, 0.6) is 0 Å². The van der Waals surface area contributed by atoms with Gasteiger partial charge in [-0.25, -0.2) is 0 Å². The molecule has 4 nitrogen and oxygen atoms in total. The molecule has 0 aliphatic heterocycles. The van der Waals surface area contributed by atoms with Crippen LogP contribution >= 0.6 is 0 Å². The van der Waals surface area contributed by atoms with Crippen LogP contribution in [0.4, 0.5) is 17.1 Å². The summed E-state index contributed by atoms with van der Waals surface area (Å²) in [5.74, 6) is 0. The quantitative estimate of drug-likeness (QED) is 0.183. The zero-order valence-corrected chi connectivity index (χ0v) is 28.0. The van der Waals surface area contributed by atoms with Gasteiger partial charge in [-0.3, -0.25) is 0 Å². The van der Waals surface area contributed by atoms with Gasteiger partial charge in [0.1, 0.15) is 22.3 Å². The van der Waals surface area contributed by atoms with Gasteiger partial charge in [0.2, 0.25) is 0 Å². The summed E-state index contributed by atoms with van der Waals surface area (Å²) in [6.45, 7) is 0. The first-order valence-electron chi connectivity index (χ1n) is 17.6. The second-order valence-corrected chi connectivity index (χ2v) is 13.4. The van der Waals surface area contributed by atoms with Crippen LogP contribution in [0.3, 0.4) is 0 Å². The maximum Gasteiger partial charge on any atom is 0.137 e. The number of nitrogens with zero attached hydrogens (tertiary/aromatic N) is 2. The van der Waals surface area contributed by atoms with Gasteiger partial charge in [-0.2, -0.15) is 0 Å². The fraction of sp³-hybridized carbons (Fsp3) is 0. The first kappa shape index (κ1) is 28.8. The smallest absolute Gasteiger partial charge is 0.137 e. The molecule has 0 bridgehead atoms. The van der Waals surface area contributed by atoms with Crippen molar-refractivity contribution in [3.63, 3.8) is 0 Å². The summed E-state index contributed by atoms with van der Waals surface area (Å²) >= 11 is 0. The molecule has 0 aliphatic rings. The maximum atomic E-state index is 6.35. The summed E-state index contributed by atoms with van der Waals surface area (Å²) in [4.78, 5) is 2.28. The third-order valence-corrected chi connectivity index (χ3v) is 10.4. The molecule has 0 saturated heterocycles. The van der Waals surface area contributed by atoms with Gasteiger partial charge in [-0.05, 0) is 83.9 Å². The van der Waals surface area contributed by atoms with Gasteiger partial charge in [-0.1, -0.05) is 97.1 Å². The molecular weight excluding hydrogens is 637 g/mol. The number of hydrogen-bond donors (Lipinski definition) is 0. The van der Waals surface area contributed by atoms with Crippen LogP contribution in [0.25, 0.3) is 82.5 Å². The maximum absolute atomic E-state index is 6.35. The van der Waals surface area contributed by atoms with Gasteiger partial charge in [0.25, 0.3) is 0 Å². The summed E-state index contributed by atoms with van der Waals surface area (Å²) in [5, 5.41) is 6.96. The Kier molecular flexibility index (Phi) is 6.22. The van der Waals surface area contributed by atoms with Crippen LogP contribution in [-0.2, 0) is 0 Å². The standard InChI is InChI=1S/C48H30N2O2/c1-5-16-43-37(12-1)38-13-2-6-17-44(38)50(43)34-11-9-10-32(28-34)31-20-22-33(23-21-31)49(35-24-26-41-39-14-3-7-18-45(39)51-47(41)29-35)36-25-27-42-40-15-4-8-19-46(40)52-48(42)30-36/h1-30H. The number of para-hydroxylation sites is 4. The van der Waals surface area contributed by atoms with Crippen LogP contribution < -0.4 is 4.90 Å². The van der Waals surface area contributed by atoms with Crippen molar-refractivity contribution >= 4 is 82.7 Å². The minimum absolute atomic E-state index is 0.854. The van der Waals surface area contributed by atoms with E-state index in [4.69, 9.17) is 8.83 Å². The van der Waals surface area contributed by atoms with Gasteiger partial charge in [0, 0.05) is 67.2 Å². The number of fused-ring (bicyclic) bond motifs is 9. The Morgan fingerprint density at radius 1 is 0.327 bits per heavy atom. The van der Waals surface area contributed by atoms with E-state index >= 15 is 0 Å². The summed E-state index contributed by atoms with van der Waals surface area (Å²) in [6, 6.07) is 64.3. The molecule has 244 valence electrons. The third-order valence-electron chi connectivity index (χ3n) is 10.4. The lowest BCUT2D eigenvalue weighted by atomic mass is 10.0. The predicted molar refractivity (Wildman–Crippen MR) is 215 cm³/mol. The highest BCUT2D eigenvalue weighted by atomic mass is 16.3. The number of hydrogen-bond acceptors (Lipinski definition) is 3. The van der Waals surface area contributed by atoms with Crippen LogP contribution in [0.1, 0.15) is 0 Å². The fourth-order valence-corrected chi connectivity index (χ4v) is 7.98. The number of furan rings is 2. The Balaban J connectivity index is 1.03. The molecule has 4 heteroatoms. The Morgan fingerprint density at radius 3 is 1.38 bits per heavy atom. The van der Waals surface area contributed by atoms with Gasteiger partial charge in [0.15, 0.2) is 0 Å². The molecule has 3 heterocycles. The van der Waals surface area contributed by atoms with Crippen molar-refractivity contribution < 1.29 is 8.83 Å². The lowest BCUT2D eigenvalue weighted by molar-refractivity contribution is 0.669. The van der Waals surface area contributed by atoms with E-state index in [1.54, 1.807) is 0 Å². The second-order valence-electron chi connectivity index (χ2n) is 13.4. The van der Waals surface area contributed by atoms with Crippen molar-refractivity contribution in [3.8, 4) is 16.8 Å². The lowest BCUT2D eigenvalue weighted by Gasteiger charge is -2.25. The molecule has 0 fully saturated rings. The van der Waals surface area contributed by atoms with Crippen LogP contribution in [0, 0.1) is 0 Å². The first-order valence-corrected chi connectivity index (χ1v) is 17.6. The predicted octanol–water partition coefficient (Wildman–Crippen LogP) is 13.7. The third kappa shape index (κ3) is 4.41. The summed E-state index contributed by atoms with van der Waals surface area (Å²) < 4.78 is 15.1. The fourth-order valence-electron chi connectivity index (χ4n) is 7.98. The van der Waals surface area contributed by atoms with Gasteiger partial charge in [0.05, 0.1) is 11.0 Å². The Bertz CT molecular complexity index is 2980. The monoisotopic (exact) mass is 666 g/mol. The van der Waals surface area contributed by atoms with Gasteiger partial charge >= 0.3 is 0 Å². The molecule has 11 rings (SSSR count). The van der Waals surface area contributed by atoms with Crippen molar-refractivity contribution in [1.29, 1.82) is 0 Å². The highest BCUT2D eigenvalue weighted by Gasteiger charge is 2.18. The van der Waals surface area contributed by atoms with Crippen molar-refractivity contribution in [2.45, 2.75) is 0 Å². The summed E-state index contributed by atoms with van der Waals surface area (Å²) in [7, 11) is 0. The van der Waals surface area contributed by atoms with E-state index in [1.807, 2.05) is 24.3 Å². The second kappa shape index (κ2) is 11.2. The minimum Gasteiger partial charge on any atom is -0.456 e. The van der Waals surface area contributed by atoms with Crippen molar-refractivity contribution in [2.24, 2.45) is 0 Å². The molecule has 8 aromatic carbocycles. The van der Waals surface area contributed by atoms with E-state index < -0.39 is 0 Å². The lowest BCUT2D eigenvalue weighted by Crippen LogP contribution is -2.09. The molecule has 0 atom stereocenters. The van der Waals surface area contributed by atoms with Gasteiger partial charge < -0.3 is 18.3 Å². The molecule has 0 aliphatic carbocycles. The number of benzene rings is 8. The molecule has 0 N–H and O–H groups in total. The molecule has 3 aromatic heterocycles. The van der Waals surface area contributed by atoms with E-state index in [0.717, 1.165) is 77.8 Å². The molecule has 52 heavy (non-hydrogen) atoms. The largest absolute Gasteiger partial charge is 0.456 e. The topological polar surface area (TPSA) is 34.5 Å². The highest BCUT2D eigenvalue weighted by Crippen LogP contribution is 2.41. The number of anilines is 3. The molecule has 0 amide bonds. The van der Waals surface area contributed by atoms with E-state index in [-0.39, 0.29) is 0 Å². The van der Waals surface area contributed by atoms with Crippen molar-refractivity contribution in [2.75, 3.05) is 4.90 Å². The van der Waals surface area contributed by atoms with E-state index in [0.29, 0.717) is 0 Å². The van der Waals surface area contributed by atoms with Crippen LogP contribution in [0.15, 0.2) is 191 Å². The van der Waals surface area contributed by atoms with E-state index in [1.165, 1.54) is 21.8 Å². The van der Waals surface area contributed by atoms with Crippen molar-refractivity contribution in [3.05, 3.63) is 182 Å². The Morgan fingerprint density at radius 2 is 0.808 bits per heavy atom. The Labute approximate surface area is 299 Å². The molecule has 0 unspecified atom stereocenters. The zero-order valence-electron chi connectivity index (χ0n) is 28.0. The minimum atomic E-state index is 0.854. The molecule has 11 aromatic rings. The average molecular weight is 667 g/mol. The first-order chi connectivity index (χ1) is 25.8. The van der Waals surface area contributed by atoms with E-state index in [9.17, 15) is 0 Å². The van der Waals surface area contributed by atoms with E-state index in [2.05, 4.69) is 167 Å². The van der Waals surface area contributed by atoms with Crippen LogP contribution in [0.2, 0.25) is 0 Å².